The van der Waals surface area contributed by atoms with Crippen LogP contribution in [0.25, 0.3) is 10.9 Å². The molecule has 0 saturated carbocycles. The molecule has 0 aliphatic rings. The van der Waals surface area contributed by atoms with Crippen molar-refractivity contribution in [2.45, 2.75) is 26.1 Å². The van der Waals surface area contributed by atoms with Gasteiger partial charge < -0.3 is 19.5 Å². The van der Waals surface area contributed by atoms with Crippen molar-refractivity contribution in [2.75, 3.05) is 14.2 Å². The molecular weight excluding hydrogens is 404 g/mol. The van der Waals surface area contributed by atoms with Crippen molar-refractivity contribution in [3.05, 3.63) is 58.4 Å². The molecule has 3 rings (SSSR count). The van der Waals surface area contributed by atoms with E-state index in [1.54, 1.807) is 42.5 Å². The topological polar surface area (TPSA) is 122 Å². The molecule has 1 aromatic heterocycles. The third-order valence-electron chi connectivity index (χ3n) is 4.50. The summed E-state index contributed by atoms with van der Waals surface area (Å²) in [6.45, 7) is 1.19. The number of carbonyl (C=O) groups excluding carboxylic acids is 2. The van der Waals surface area contributed by atoms with Gasteiger partial charge in [0.05, 0.1) is 19.6 Å². The predicted octanol–water partition coefficient (Wildman–Crippen LogP) is 1.06. The van der Waals surface area contributed by atoms with E-state index in [2.05, 4.69) is 15.6 Å². The van der Waals surface area contributed by atoms with E-state index in [9.17, 15) is 14.4 Å². The van der Waals surface area contributed by atoms with Crippen molar-refractivity contribution < 1.29 is 23.8 Å². The summed E-state index contributed by atoms with van der Waals surface area (Å²) >= 11 is 0. The van der Waals surface area contributed by atoms with Crippen LogP contribution in [0.2, 0.25) is 0 Å². The summed E-state index contributed by atoms with van der Waals surface area (Å²) in [4.78, 5) is 36.9. The van der Waals surface area contributed by atoms with Crippen molar-refractivity contribution in [1.82, 2.24) is 20.3 Å². The van der Waals surface area contributed by atoms with Gasteiger partial charge in [-0.05, 0) is 36.8 Å². The number of hydrogen-bond acceptors (Lipinski definition) is 8. The van der Waals surface area contributed by atoms with Crippen molar-refractivity contribution >= 4 is 22.8 Å². The van der Waals surface area contributed by atoms with Crippen LogP contribution in [-0.2, 0) is 27.4 Å². The molecule has 162 valence electrons. The number of rotatable bonds is 8. The molecule has 1 N–H and O–H groups in total. The molecular formula is C21H22N4O6. The van der Waals surface area contributed by atoms with E-state index < -0.39 is 30.1 Å². The number of fused-ring (bicyclic) bond motifs is 1. The van der Waals surface area contributed by atoms with Crippen LogP contribution in [0.15, 0.2) is 47.3 Å². The number of benzene rings is 2. The molecule has 1 unspecified atom stereocenters. The Bertz CT molecular complexity index is 1160. The summed E-state index contributed by atoms with van der Waals surface area (Å²) in [5, 5.41) is 10.7. The second kappa shape index (κ2) is 9.70. The monoisotopic (exact) mass is 426 g/mol. The lowest BCUT2D eigenvalue weighted by Gasteiger charge is -2.14. The Morgan fingerprint density at radius 3 is 2.58 bits per heavy atom. The van der Waals surface area contributed by atoms with Gasteiger partial charge in [0, 0.05) is 6.54 Å². The van der Waals surface area contributed by atoms with Crippen molar-refractivity contribution in [1.29, 1.82) is 0 Å². The summed E-state index contributed by atoms with van der Waals surface area (Å²) < 4.78 is 16.4. The molecule has 10 nitrogen and oxygen atoms in total. The molecule has 1 heterocycles. The van der Waals surface area contributed by atoms with Crippen LogP contribution in [0.5, 0.6) is 11.5 Å². The Morgan fingerprint density at radius 2 is 1.84 bits per heavy atom. The van der Waals surface area contributed by atoms with Gasteiger partial charge in [-0.15, -0.1) is 5.10 Å². The molecule has 0 aliphatic heterocycles. The van der Waals surface area contributed by atoms with Gasteiger partial charge in [-0.1, -0.05) is 23.4 Å². The van der Waals surface area contributed by atoms with Crippen molar-refractivity contribution in [3.63, 3.8) is 0 Å². The highest BCUT2D eigenvalue weighted by atomic mass is 16.5. The van der Waals surface area contributed by atoms with E-state index in [0.29, 0.717) is 22.4 Å². The maximum atomic E-state index is 12.4. The molecule has 2 aromatic carbocycles. The number of nitrogens with zero attached hydrogens (tertiary/aromatic N) is 3. The van der Waals surface area contributed by atoms with Crippen LogP contribution in [0, 0.1) is 0 Å². The Kier molecular flexibility index (Phi) is 6.81. The van der Waals surface area contributed by atoms with Crippen molar-refractivity contribution in [3.8, 4) is 11.5 Å². The third-order valence-corrected chi connectivity index (χ3v) is 4.50. The molecule has 0 radical (unpaired) electrons. The Hall–Kier alpha value is -3.95. The summed E-state index contributed by atoms with van der Waals surface area (Å²) in [7, 11) is 3.06. The maximum absolute atomic E-state index is 12.4. The number of methoxy groups -OCH3 is 2. The number of ether oxygens (including phenoxy) is 3. The first-order valence-corrected chi connectivity index (χ1v) is 9.43. The highest BCUT2D eigenvalue weighted by molar-refractivity contribution is 5.83. The lowest BCUT2D eigenvalue weighted by Crippen LogP contribution is -2.37. The smallest absolute Gasteiger partial charge is 0.328 e. The predicted molar refractivity (Wildman–Crippen MR) is 111 cm³/mol. The quantitative estimate of drug-likeness (QED) is 0.531. The summed E-state index contributed by atoms with van der Waals surface area (Å²) in [6.07, 6.45) is -1.06. The van der Waals surface area contributed by atoms with Crippen LogP contribution < -0.4 is 20.3 Å². The molecule has 1 atom stereocenters. The number of carbonyl (C=O) groups is 2. The van der Waals surface area contributed by atoms with E-state index in [0.717, 1.165) is 10.2 Å². The molecule has 0 spiro atoms. The molecule has 31 heavy (non-hydrogen) atoms. The van der Waals surface area contributed by atoms with E-state index in [-0.39, 0.29) is 6.54 Å². The van der Waals surface area contributed by atoms with E-state index in [4.69, 9.17) is 14.2 Å². The molecule has 0 aliphatic carbocycles. The van der Waals surface area contributed by atoms with Gasteiger partial charge in [-0.2, -0.15) is 4.68 Å². The Labute approximate surface area is 177 Å². The summed E-state index contributed by atoms with van der Waals surface area (Å²) in [5.74, 6) is -0.150. The van der Waals surface area contributed by atoms with Crippen LogP contribution in [0.4, 0.5) is 0 Å². The average Bonchev–Trinajstić information content (AvgIpc) is 2.79. The fourth-order valence-corrected chi connectivity index (χ4v) is 2.86. The van der Waals surface area contributed by atoms with Crippen LogP contribution in [-0.4, -0.2) is 47.2 Å². The third kappa shape index (κ3) is 5.16. The lowest BCUT2D eigenvalue weighted by atomic mass is 10.2. The molecule has 0 bridgehead atoms. The number of esters is 1. The fraction of sp³-hybridized carbons (Fsp3) is 0.286. The highest BCUT2D eigenvalue weighted by Crippen LogP contribution is 2.27. The molecule has 10 heteroatoms. The normalized spacial score (nSPS) is 11.6. The molecule has 0 saturated heterocycles. The SMILES string of the molecule is COc1ccc(CNC(=O)C(C)OC(=O)Cn2nnc3ccccc3c2=O)cc1OC. The zero-order chi connectivity index (χ0) is 22.4. The number of hydrogen-bond donors (Lipinski definition) is 1. The van der Waals surface area contributed by atoms with Gasteiger partial charge in [0.1, 0.15) is 12.1 Å². The molecule has 0 fully saturated rings. The molecule has 3 aromatic rings. The number of nitrogens with one attached hydrogen (secondary N) is 1. The lowest BCUT2D eigenvalue weighted by molar-refractivity contribution is -0.155. The first-order valence-electron chi connectivity index (χ1n) is 9.43. The zero-order valence-corrected chi connectivity index (χ0v) is 17.3. The minimum absolute atomic E-state index is 0.205. The summed E-state index contributed by atoms with van der Waals surface area (Å²) in [6, 6.07) is 11.9. The van der Waals surface area contributed by atoms with Gasteiger partial charge in [-0.3, -0.25) is 14.4 Å². The van der Waals surface area contributed by atoms with Crippen molar-refractivity contribution in [2.24, 2.45) is 0 Å². The highest BCUT2D eigenvalue weighted by Gasteiger charge is 2.19. The standard InChI is InChI=1S/C21H22N4O6/c1-13(20(27)22-11-14-8-9-17(29-2)18(10-14)30-3)31-19(26)12-25-21(28)15-6-4-5-7-16(15)23-24-25/h4-10,13H,11-12H2,1-3H3,(H,22,27). The van der Waals surface area contributed by atoms with Crippen LogP contribution >= 0.6 is 0 Å². The average molecular weight is 426 g/mol. The fourth-order valence-electron chi connectivity index (χ4n) is 2.86. The largest absolute Gasteiger partial charge is 0.493 e. The first kappa shape index (κ1) is 21.8. The maximum Gasteiger partial charge on any atom is 0.328 e. The second-order valence-electron chi connectivity index (χ2n) is 6.61. The zero-order valence-electron chi connectivity index (χ0n) is 17.3. The minimum atomic E-state index is -1.06. The van der Waals surface area contributed by atoms with Crippen LogP contribution in [0.1, 0.15) is 12.5 Å². The Balaban J connectivity index is 1.56. The van der Waals surface area contributed by atoms with Gasteiger partial charge in [0.2, 0.25) is 0 Å². The van der Waals surface area contributed by atoms with Gasteiger partial charge in [-0.25, -0.2) is 0 Å². The summed E-state index contributed by atoms with van der Waals surface area (Å²) in [5.41, 5.74) is 0.746. The minimum Gasteiger partial charge on any atom is -0.493 e. The van der Waals surface area contributed by atoms with Crippen LogP contribution in [0.3, 0.4) is 0 Å². The van der Waals surface area contributed by atoms with E-state index in [1.807, 2.05) is 0 Å². The first-order chi connectivity index (χ1) is 14.9. The van der Waals surface area contributed by atoms with Gasteiger partial charge >= 0.3 is 5.97 Å². The van der Waals surface area contributed by atoms with Gasteiger partial charge in [0.25, 0.3) is 11.5 Å². The number of amides is 1. The van der Waals surface area contributed by atoms with Gasteiger partial charge in [0.15, 0.2) is 17.6 Å². The number of aromatic nitrogens is 3. The Morgan fingerprint density at radius 1 is 1.10 bits per heavy atom. The van der Waals surface area contributed by atoms with E-state index in [1.165, 1.54) is 21.1 Å². The second-order valence-corrected chi connectivity index (χ2v) is 6.61. The van der Waals surface area contributed by atoms with E-state index >= 15 is 0 Å². The molecule has 1 amide bonds.